The lowest BCUT2D eigenvalue weighted by atomic mass is 10.2. The number of hydrogen-bond donors (Lipinski definition) is 2. The summed E-state index contributed by atoms with van der Waals surface area (Å²) in [5, 5.41) is 6.84. The molecule has 1 unspecified atom stereocenters. The minimum Gasteiger partial charge on any atom is -0.379 e. The average molecular weight is 467 g/mol. The highest BCUT2D eigenvalue weighted by Crippen LogP contribution is 2.08. The molecule has 0 aromatic rings. The van der Waals surface area contributed by atoms with E-state index < -0.39 is 0 Å². The van der Waals surface area contributed by atoms with Crippen molar-refractivity contribution >= 4 is 29.9 Å². The SMILES string of the molecule is CCNC(=NCC(C)N1CCOCC1)NCCCCN1CCCC1.I. The summed E-state index contributed by atoms with van der Waals surface area (Å²) in [6, 6.07) is 0.472. The van der Waals surface area contributed by atoms with Crippen molar-refractivity contribution in [2.45, 2.75) is 45.6 Å². The normalized spacial score (nSPS) is 21.0. The molecule has 2 saturated heterocycles. The molecule has 0 spiro atoms. The fraction of sp³-hybridized carbons (Fsp3) is 0.944. The van der Waals surface area contributed by atoms with Crippen molar-refractivity contribution in [3.8, 4) is 0 Å². The van der Waals surface area contributed by atoms with Gasteiger partial charge in [-0.25, -0.2) is 0 Å². The van der Waals surface area contributed by atoms with E-state index in [9.17, 15) is 0 Å². The quantitative estimate of drug-likeness (QED) is 0.234. The van der Waals surface area contributed by atoms with Crippen molar-refractivity contribution in [3.63, 3.8) is 0 Å². The average Bonchev–Trinajstić information content (AvgIpc) is 3.13. The van der Waals surface area contributed by atoms with Crippen molar-refractivity contribution < 1.29 is 4.74 Å². The third kappa shape index (κ3) is 9.40. The summed E-state index contributed by atoms with van der Waals surface area (Å²) in [4.78, 5) is 9.82. The Hall–Kier alpha value is -0.120. The highest BCUT2D eigenvalue weighted by Gasteiger charge is 2.16. The zero-order valence-corrected chi connectivity index (χ0v) is 18.5. The molecule has 7 heteroatoms. The van der Waals surface area contributed by atoms with E-state index in [1.54, 1.807) is 0 Å². The largest absolute Gasteiger partial charge is 0.379 e. The fourth-order valence-corrected chi connectivity index (χ4v) is 3.37. The van der Waals surface area contributed by atoms with Gasteiger partial charge in [0.05, 0.1) is 19.8 Å². The van der Waals surface area contributed by atoms with E-state index in [4.69, 9.17) is 9.73 Å². The van der Waals surface area contributed by atoms with Crippen LogP contribution in [0, 0.1) is 0 Å². The molecule has 0 aromatic heterocycles. The van der Waals surface area contributed by atoms with E-state index >= 15 is 0 Å². The highest BCUT2D eigenvalue weighted by molar-refractivity contribution is 14.0. The Morgan fingerprint density at radius 3 is 2.48 bits per heavy atom. The Kier molecular flexibility index (Phi) is 12.8. The first-order valence-corrected chi connectivity index (χ1v) is 9.86. The van der Waals surface area contributed by atoms with Gasteiger partial charge >= 0.3 is 0 Å². The number of nitrogens with one attached hydrogen (secondary N) is 2. The second-order valence-corrected chi connectivity index (χ2v) is 6.90. The summed E-state index contributed by atoms with van der Waals surface area (Å²) in [5.41, 5.74) is 0. The van der Waals surface area contributed by atoms with Crippen LogP contribution in [0.4, 0.5) is 0 Å². The summed E-state index contributed by atoms with van der Waals surface area (Å²) >= 11 is 0. The number of likely N-dealkylation sites (tertiary alicyclic amines) is 1. The molecule has 25 heavy (non-hydrogen) atoms. The van der Waals surface area contributed by atoms with Gasteiger partial charge in [-0.15, -0.1) is 24.0 Å². The van der Waals surface area contributed by atoms with Gasteiger partial charge in [-0.2, -0.15) is 0 Å². The fourth-order valence-electron chi connectivity index (χ4n) is 3.37. The molecular weight excluding hydrogens is 429 g/mol. The Morgan fingerprint density at radius 2 is 1.80 bits per heavy atom. The number of aliphatic imine (C=N–C) groups is 1. The summed E-state index contributed by atoms with van der Waals surface area (Å²) in [6.45, 7) is 14.7. The van der Waals surface area contributed by atoms with E-state index in [0.717, 1.165) is 51.9 Å². The molecule has 148 valence electrons. The molecule has 0 radical (unpaired) electrons. The molecule has 0 amide bonds. The predicted octanol–water partition coefficient (Wildman–Crippen LogP) is 1.76. The standard InChI is InChI=1S/C18H37N5O.HI/c1-3-19-18(20-8-4-5-9-22-10-6-7-11-22)21-16-17(2)23-12-14-24-15-13-23;/h17H,3-16H2,1-2H3,(H2,19,20,21);1H. The number of morpholine rings is 1. The number of unbranched alkanes of at least 4 members (excludes halogenated alkanes) is 1. The summed E-state index contributed by atoms with van der Waals surface area (Å²) in [5.74, 6) is 0.957. The van der Waals surface area contributed by atoms with Crippen LogP contribution in [-0.4, -0.2) is 87.4 Å². The summed E-state index contributed by atoms with van der Waals surface area (Å²) in [7, 11) is 0. The second-order valence-electron chi connectivity index (χ2n) is 6.90. The van der Waals surface area contributed by atoms with Gasteiger partial charge in [0.1, 0.15) is 0 Å². The third-order valence-corrected chi connectivity index (χ3v) is 4.92. The number of guanidine groups is 1. The maximum absolute atomic E-state index is 5.42. The van der Waals surface area contributed by atoms with Crippen molar-refractivity contribution in [2.24, 2.45) is 4.99 Å². The van der Waals surface area contributed by atoms with Gasteiger partial charge in [-0.05, 0) is 59.2 Å². The highest BCUT2D eigenvalue weighted by atomic mass is 127. The molecule has 1 atom stereocenters. The smallest absolute Gasteiger partial charge is 0.191 e. The van der Waals surface area contributed by atoms with Crippen molar-refractivity contribution in [2.75, 3.05) is 65.6 Å². The maximum Gasteiger partial charge on any atom is 0.191 e. The van der Waals surface area contributed by atoms with E-state index in [0.29, 0.717) is 6.04 Å². The number of ether oxygens (including phenoxy) is 1. The van der Waals surface area contributed by atoms with Crippen LogP contribution in [0.25, 0.3) is 0 Å². The molecule has 0 aliphatic carbocycles. The van der Waals surface area contributed by atoms with E-state index in [-0.39, 0.29) is 24.0 Å². The predicted molar refractivity (Wildman–Crippen MR) is 116 cm³/mol. The van der Waals surface area contributed by atoms with Crippen LogP contribution in [0.3, 0.4) is 0 Å². The molecule has 2 N–H and O–H groups in total. The molecule has 6 nitrogen and oxygen atoms in total. The second kappa shape index (κ2) is 14.0. The number of hydrogen-bond acceptors (Lipinski definition) is 4. The molecule has 2 rings (SSSR count). The zero-order valence-electron chi connectivity index (χ0n) is 16.1. The van der Waals surface area contributed by atoms with Crippen LogP contribution < -0.4 is 10.6 Å². The summed E-state index contributed by atoms with van der Waals surface area (Å²) < 4.78 is 5.42. The van der Waals surface area contributed by atoms with Crippen LogP contribution >= 0.6 is 24.0 Å². The van der Waals surface area contributed by atoms with Crippen molar-refractivity contribution in [3.05, 3.63) is 0 Å². The molecule has 2 fully saturated rings. The first-order valence-electron chi connectivity index (χ1n) is 9.86. The van der Waals surface area contributed by atoms with Crippen LogP contribution in [0.5, 0.6) is 0 Å². The van der Waals surface area contributed by atoms with Gasteiger partial charge in [-0.3, -0.25) is 9.89 Å². The number of halogens is 1. The lowest BCUT2D eigenvalue weighted by Crippen LogP contribution is -2.44. The van der Waals surface area contributed by atoms with Crippen molar-refractivity contribution in [1.82, 2.24) is 20.4 Å². The van der Waals surface area contributed by atoms with Crippen LogP contribution in [0.2, 0.25) is 0 Å². The molecule has 0 aromatic carbocycles. The molecule has 2 aliphatic rings. The Morgan fingerprint density at radius 1 is 1.08 bits per heavy atom. The minimum atomic E-state index is 0. The monoisotopic (exact) mass is 467 g/mol. The van der Waals surface area contributed by atoms with Gasteiger partial charge in [0.15, 0.2) is 5.96 Å². The van der Waals surface area contributed by atoms with Gasteiger partial charge in [0.25, 0.3) is 0 Å². The molecule has 0 bridgehead atoms. The minimum absolute atomic E-state index is 0. The van der Waals surface area contributed by atoms with Crippen LogP contribution in [0.1, 0.15) is 39.5 Å². The lowest BCUT2D eigenvalue weighted by Gasteiger charge is -2.31. The van der Waals surface area contributed by atoms with Crippen LogP contribution in [0.15, 0.2) is 4.99 Å². The molecule has 2 heterocycles. The third-order valence-electron chi connectivity index (χ3n) is 4.92. The Labute approximate surface area is 171 Å². The Balaban J connectivity index is 0.00000312. The first kappa shape index (κ1) is 22.9. The van der Waals surface area contributed by atoms with Gasteiger partial charge < -0.3 is 20.3 Å². The molecule has 0 saturated carbocycles. The van der Waals surface area contributed by atoms with Gasteiger partial charge in [-0.1, -0.05) is 0 Å². The van der Waals surface area contributed by atoms with Crippen molar-refractivity contribution in [1.29, 1.82) is 0 Å². The first-order chi connectivity index (χ1) is 11.8. The van der Waals surface area contributed by atoms with E-state index in [1.165, 1.54) is 45.3 Å². The Bertz CT molecular complexity index is 357. The van der Waals surface area contributed by atoms with Crippen LogP contribution in [-0.2, 0) is 4.74 Å². The number of nitrogens with zero attached hydrogens (tertiary/aromatic N) is 3. The number of rotatable bonds is 9. The summed E-state index contributed by atoms with van der Waals surface area (Å²) in [6.07, 6.45) is 5.25. The van der Waals surface area contributed by atoms with E-state index in [1.807, 2.05) is 0 Å². The molecule has 2 aliphatic heterocycles. The topological polar surface area (TPSA) is 52.1 Å². The van der Waals surface area contributed by atoms with Gasteiger partial charge in [0.2, 0.25) is 0 Å². The lowest BCUT2D eigenvalue weighted by molar-refractivity contribution is 0.0220. The maximum atomic E-state index is 5.42. The molecular formula is C18H38IN5O. The van der Waals surface area contributed by atoms with E-state index in [2.05, 4.69) is 34.3 Å². The van der Waals surface area contributed by atoms with Gasteiger partial charge in [0, 0.05) is 32.2 Å². The zero-order chi connectivity index (χ0) is 17.0.